The third-order valence-electron chi connectivity index (χ3n) is 6.05. The van der Waals surface area contributed by atoms with Crippen molar-refractivity contribution in [2.75, 3.05) is 38.3 Å². The first-order valence-electron chi connectivity index (χ1n) is 10.8. The molecule has 1 aromatic carbocycles. The molecule has 0 spiro atoms. The number of ether oxygens (including phenoxy) is 1. The van der Waals surface area contributed by atoms with E-state index < -0.39 is 29.7 Å². The second kappa shape index (κ2) is 9.49. The first kappa shape index (κ1) is 22.6. The van der Waals surface area contributed by atoms with Crippen molar-refractivity contribution in [1.82, 2.24) is 10.2 Å². The molecule has 174 valence electrons. The first-order valence-corrected chi connectivity index (χ1v) is 10.8. The molecule has 3 heterocycles. The minimum Gasteiger partial charge on any atom is -0.381 e. The number of nitrogens with zero attached hydrogens (tertiary/aromatic N) is 4. The third-order valence-corrected chi connectivity index (χ3v) is 6.05. The number of hydrazone groups is 1. The largest absolute Gasteiger partial charge is 0.381 e. The van der Waals surface area contributed by atoms with Crippen LogP contribution in [0.3, 0.4) is 0 Å². The van der Waals surface area contributed by atoms with E-state index >= 15 is 0 Å². The maximum atomic E-state index is 13.3. The van der Waals surface area contributed by atoms with E-state index in [1.54, 1.807) is 36.4 Å². The number of nitrogens with one attached hydrogen (secondary N) is 1. The number of aliphatic imine (C=N–C) groups is 1. The number of fused-ring (bicyclic) bond motifs is 1. The SMILES string of the molecule is CN(CC(C=NCC1CCOC1)=NN)c1cccc2c1C(=O)N(C1CCC(=O)NC1=O)C2=O. The molecule has 2 fully saturated rings. The van der Waals surface area contributed by atoms with Gasteiger partial charge in [-0.05, 0) is 25.0 Å². The summed E-state index contributed by atoms with van der Waals surface area (Å²) >= 11 is 0. The molecule has 4 rings (SSSR count). The van der Waals surface area contributed by atoms with E-state index in [9.17, 15) is 19.2 Å². The van der Waals surface area contributed by atoms with Crippen LogP contribution in [0.1, 0.15) is 40.0 Å². The molecule has 0 aliphatic carbocycles. The Morgan fingerprint density at radius 1 is 1.27 bits per heavy atom. The number of imide groups is 2. The lowest BCUT2D eigenvalue weighted by Gasteiger charge is -2.28. The van der Waals surface area contributed by atoms with Crippen LogP contribution in [-0.4, -0.2) is 79.8 Å². The number of carbonyl (C=O) groups is 4. The maximum Gasteiger partial charge on any atom is 0.264 e. The highest BCUT2D eigenvalue weighted by atomic mass is 16.5. The van der Waals surface area contributed by atoms with E-state index in [1.807, 2.05) is 0 Å². The smallest absolute Gasteiger partial charge is 0.264 e. The second-order valence-electron chi connectivity index (χ2n) is 8.35. The van der Waals surface area contributed by atoms with Crippen molar-refractivity contribution in [1.29, 1.82) is 0 Å². The quantitative estimate of drug-likeness (QED) is 0.254. The van der Waals surface area contributed by atoms with Crippen LogP contribution in [0.5, 0.6) is 0 Å². The van der Waals surface area contributed by atoms with E-state index in [1.165, 1.54) is 0 Å². The van der Waals surface area contributed by atoms with Gasteiger partial charge in [0.15, 0.2) is 0 Å². The fourth-order valence-electron chi connectivity index (χ4n) is 4.29. The van der Waals surface area contributed by atoms with Gasteiger partial charge in [-0.25, -0.2) is 0 Å². The van der Waals surface area contributed by atoms with Crippen LogP contribution in [0.2, 0.25) is 0 Å². The highest BCUT2D eigenvalue weighted by Gasteiger charge is 2.45. The van der Waals surface area contributed by atoms with Gasteiger partial charge in [-0.2, -0.15) is 5.10 Å². The van der Waals surface area contributed by atoms with Crippen LogP contribution in [0.4, 0.5) is 5.69 Å². The normalized spacial score (nSPS) is 23.4. The molecule has 11 heteroatoms. The topological polar surface area (TPSA) is 147 Å². The molecule has 2 saturated heterocycles. The lowest BCUT2D eigenvalue weighted by atomic mass is 10.0. The summed E-state index contributed by atoms with van der Waals surface area (Å²) in [5.41, 5.74) is 1.45. The lowest BCUT2D eigenvalue weighted by molar-refractivity contribution is -0.136. The molecule has 33 heavy (non-hydrogen) atoms. The Labute approximate surface area is 190 Å². The number of anilines is 1. The lowest BCUT2D eigenvalue weighted by Crippen LogP contribution is -2.54. The van der Waals surface area contributed by atoms with Crippen molar-refractivity contribution < 1.29 is 23.9 Å². The van der Waals surface area contributed by atoms with Gasteiger partial charge in [-0.15, -0.1) is 0 Å². The molecule has 2 unspecified atom stereocenters. The standard InChI is InChI=1S/C22H26N6O5/c1-27(11-14(26-23)10-24-9-13-7-8-33-12-13)16-4-2-3-15-19(16)22(32)28(21(15)31)17-5-6-18(29)25-20(17)30/h2-4,10,13,17H,5-9,11-12,23H2,1H3,(H,25,29,30). The molecule has 3 aliphatic rings. The van der Waals surface area contributed by atoms with Gasteiger partial charge in [0, 0.05) is 38.8 Å². The molecule has 0 aromatic heterocycles. The van der Waals surface area contributed by atoms with Gasteiger partial charge in [0.1, 0.15) is 6.04 Å². The molecule has 1 aromatic rings. The molecule has 2 atom stereocenters. The summed E-state index contributed by atoms with van der Waals surface area (Å²) in [6, 6.07) is 3.94. The van der Waals surface area contributed by atoms with E-state index in [4.69, 9.17) is 10.6 Å². The predicted octanol–water partition coefficient (Wildman–Crippen LogP) is -0.0540. The van der Waals surface area contributed by atoms with Crippen LogP contribution in [-0.2, 0) is 14.3 Å². The zero-order valence-corrected chi connectivity index (χ0v) is 18.3. The number of hydrogen-bond acceptors (Lipinski definition) is 9. The molecule has 3 aliphatic heterocycles. The molecular weight excluding hydrogens is 428 g/mol. The van der Waals surface area contributed by atoms with Gasteiger partial charge in [-0.1, -0.05) is 6.07 Å². The second-order valence-corrected chi connectivity index (χ2v) is 8.35. The number of hydrogen-bond donors (Lipinski definition) is 2. The summed E-state index contributed by atoms with van der Waals surface area (Å²) in [6.45, 7) is 2.33. The monoisotopic (exact) mass is 454 g/mol. The van der Waals surface area contributed by atoms with Gasteiger partial charge < -0.3 is 15.5 Å². The zero-order valence-electron chi connectivity index (χ0n) is 18.3. The third kappa shape index (κ3) is 4.49. The van der Waals surface area contributed by atoms with Crippen LogP contribution < -0.4 is 16.1 Å². The Kier molecular flexibility index (Phi) is 6.50. The Morgan fingerprint density at radius 3 is 2.79 bits per heavy atom. The van der Waals surface area contributed by atoms with Crippen molar-refractivity contribution in [2.45, 2.75) is 25.3 Å². The van der Waals surface area contributed by atoms with Crippen LogP contribution >= 0.6 is 0 Å². The minimum atomic E-state index is -1.01. The van der Waals surface area contributed by atoms with Crippen LogP contribution in [0.15, 0.2) is 28.3 Å². The van der Waals surface area contributed by atoms with Crippen molar-refractivity contribution in [3.05, 3.63) is 29.3 Å². The summed E-state index contributed by atoms with van der Waals surface area (Å²) in [7, 11) is 1.76. The molecular formula is C22H26N6O5. The van der Waals surface area contributed by atoms with Gasteiger partial charge in [0.05, 0.1) is 35.7 Å². The Hall–Kier alpha value is -3.60. The van der Waals surface area contributed by atoms with Crippen molar-refractivity contribution in [2.24, 2.45) is 21.9 Å². The highest BCUT2D eigenvalue weighted by molar-refractivity contribution is 6.32. The summed E-state index contributed by atoms with van der Waals surface area (Å²) in [5.74, 6) is 3.77. The highest BCUT2D eigenvalue weighted by Crippen LogP contribution is 2.33. The van der Waals surface area contributed by atoms with Crippen molar-refractivity contribution >= 4 is 41.2 Å². The van der Waals surface area contributed by atoms with Crippen molar-refractivity contribution in [3.8, 4) is 0 Å². The number of amides is 4. The Bertz CT molecular complexity index is 1050. The van der Waals surface area contributed by atoms with Gasteiger partial charge >= 0.3 is 0 Å². The Morgan fingerprint density at radius 2 is 2.09 bits per heavy atom. The number of piperidine rings is 1. The average Bonchev–Trinajstić information content (AvgIpc) is 3.40. The minimum absolute atomic E-state index is 0.0687. The number of carbonyl (C=O) groups excluding carboxylic acids is 4. The van der Waals surface area contributed by atoms with E-state index in [0.29, 0.717) is 30.5 Å². The molecule has 0 saturated carbocycles. The summed E-state index contributed by atoms with van der Waals surface area (Å²) in [4.78, 5) is 57.1. The maximum absolute atomic E-state index is 13.3. The number of benzene rings is 1. The van der Waals surface area contributed by atoms with E-state index in [-0.39, 0.29) is 30.5 Å². The summed E-state index contributed by atoms with van der Waals surface area (Å²) in [6.07, 6.45) is 2.76. The molecule has 11 nitrogen and oxygen atoms in total. The average molecular weight is 454 g/mol. The van der Waals surface area contributed by atoms with Gasteiger partial charge in [0.25, 0.3) is 11.8 Å². The fourth-order valence-corrected chi connectivity index (χ4v) is 4.29. The van der Waals surface area contributed by atoms with Crippen LogP contribution in [0, 0.1) is 5.92 Å². The first-order chi connectivity index (χ1) is 15.9. The van der Waals surface area contributed by atoms with Crippen LogP contribution in [0.25, 0.3) is 0 Å². The number of nitrogens with two attached hydrogens (primary N) is 1. The van der Waals surface area contributed by atoms with Crippen molar-refractivity contribution in [3.63, 3.8) is 0 Å². The molecule has 0 bridgehead atoms. The number of rotatable bonds is 7. The molecule has 4 amide bonds. The summed E-state index contributed by atoms with van der Waals surface area (Å²) in [5, 5.41) is 6.00. The zero-order chi connectivity index (χ0) is 23.5. The molecule has 3 N–H and O–H groups in total. The Balaban J connectivity index is 1.51. The van der Waals surface area contributed by atoms with Gasteiger partial charge in [-0.3, -0.25) is 34.4 Å². The predicted molar refractivity (Wildman–Crippen MR) is 120 cm³/mol. The fraction of sp³-hybridized carbons (Fsp3) is 0.455. The summed E-state index contributed by atoms with van der Waals surface area (Å²) < 4.78 is 5.35. The van der Waals surface area contributed by atoms with E-state index in [0.717, 1.165) is 17.9 Å². The van der Waals surface area contributed by atoms with Gasteiger partial charge in [0.2, 0.25) is 11.8 Å². The molecule has 0 radical (unpaired) electrons. The van der Waals surface area contributed by atoms with E-state index in [2.05, 4.69) is 15.4 Å².